The average molecular weight is 475 g/mol. The first kappa shape index (κ1) is 16.8. The number of carbonyl (C=O) groups is 1. The largest absolute Gasteiger partial charge is 0.300 e. The summed E-state index contributed by atoms with van der Waals surface area (Å²) in [5.41, 5.74) is 1.53. The number of halogens is 3. The van der Waals surface area contributed by atoms with E-state index in [1.807, 2.05) is 24.3 Å². The second kappa shape index (κ2) is 7.25. The van der Waals surface area contributed by atoms with Crippen molar-refractivity contribution >= 4 is 80.4 Å². The van der Waals surface area contributed by atoms with Gasteiger partial charge in [-0.2, -0.15) is 0 Å². The molecule has 3 nitrogen and oxygen atoms in total. The van der Waals surface area contributed by atoms with Crippen LogP contribution in [0.15, 0.2) is 52.4 Å². The summed E-state index contributed by atoms with van der Waals surface area (Å²) in [6.07, 6.45) is 1.73. The van der Waals surface area contributed by atoms with Crippen molar-refractivity contribution in [1.82, 2.24) is 5.32 Å². The fourth-order valence-electron chi connectivity index (χ4n) is 1.87. The van der Waals surface area contributed by atoms with Crippen LogP contribution in [0.2, 0.25) is 10.0 Å². The van der Waals surface area contributed by atoms with Gasteiger partial charge in [0.25, 0.3) is 5.91 Å². The van der Waals surface area contributed by atoms with Gasteiger partial charge in [-0.05, 0) is 82.4 Å². The van der Waals surface area contributed by atoms with Crippen molar-refractivity contribution < 1.29 is 4.79 Å². The molecule has 1 amide bonds. The molecule has 0 atom stereocenters. The lowest BCUT2D eigenvalue weighted by molar-refractivity contribution is -0.115. The Hall–Kier alpha value is -1.02. The molecule has 1 heterocycles. The van der Waals surface area contributed by atoms with Gasteiger partial charge in [0.15, 0.2) is 5.17 Å². The number of carbonyl (C=O) groups excluding carboxylic acids is 1. The molecule has 7 heteroatoms. The SMILES string of the molecule is O=C1NC(=Nc2ccc(I)cc2)S/C1=C/c1ccc(Cl)cc1Cl. The van der Waals surface area contributed by atoms with Crippen molar-refractivity contribution in [3.8, 4) is 0 Å². The number of amidine groups is 1. The fourth-order valence-corrected chi connectivity index (χ4v) is 3.53. The van der Waals surface area contributed by atoms with Gasteiger partial charge < -0.3 is 5.32 Å². The Morgan fingerprint density at radius 2 is 1.87 bits per heavy atom. The van der Waals surface area contributed by atoms with Crippen LogP contribution >= 0.6 is 57.6 Å². The van der Waals surface area contributed by atoms with Crippen LogP contribution in [0.3, 0.4) is 0 Å². The lowest BCUT2D eigenvalue weighted by atomic mass is 10.2. The first-order valence-electron chi connectivity index (χ1n) is 6.51. The molecule has 2 aromatic carbocycles. The summed E-state index contributed by atoms with van der Waals surface area (Å²) >= 11 is 15.5. The normalized spacial score (nSPS) is 17.8. The molecule has 0 saturated carbocycles. The van der Waals surface area contributed by atoms with Gasteiger partial charge in [-0.3, -0.25) is 4.79 Å². The molecule has 1 fully saturated rings. The number of nitrogens with one attached hydrogen (secondary N) is 1. The van der Waals surface area contributed by atoms with Gasteiger partial charge in [0.05, 0.1) is 10.6 Å². The van der Waals surface area contributed by atoms with Gasteiger partial charge in [0, 0.05) is 13.6 Å². The van der Waals surface area contributed by atoms with Crippen molar-refractivity contribution in [2.75, 3.05) is 0 Å². The number of nitrogens with zero attached hydrogens (tertiary/aromatic N) is 1. The van der Waals surface area contributed by atoms with Crippen LogP contribution in [0, 0.1) is 3.57 Å². The predicted octanol–water partition coefficient (Wildman–Crippen LogP) is 5.49. The fraction of sp³-hybridized carbons (Fsp3) is 0. The van der Waals surface area contributed by atoms with Crippen LogP contribution in [0.5, 0.6) is 0 Å². The molecule has 23 heavy (non-hydrogen) atoms. The van der Waals surface area contributed by atoms with Gasteiger partial charge in [-0.1, -0.05) is 29.3 Å². The van der Waals surface area contributed by atoms with E-state index in [4.69, 9.17) is 23.2 Å². The van der Waals surface area contributed by atoms with Gasteiger partial charge >= 0.3 is 0 Å². The topological polar surface area (TPSA) is 41.5 Å². The zero-order chi connectivity index (χ0) is 16.4. The highest BCUT2D eigenvalue weighted by molar-refractivity contribution is 14.1. The quantitative estimate of drug-likeness (QED) is 0.461. The van der Waals surface area contributed by atoms with Crippen LogP contribution in [0.25, 0.3) is 6.08 Å². The second-order valence-electron chi connectivity index (χ2n) is 4.62. The minimum Gasteiger partial charge on any atom is -0.300 e. The number of rotatable bonds is 2. The van der Waals surface area contributed by atoms with E-state index in [0.717, 1.165) is 14.8 Å². The number of benzene rings is 2. The Bertz CT molecular complexity index is 834. The number of thioether (sulfide) groups is 1. The zero-order valence-electron chi connectivity index (χ0n) is 11.5. The maximum atomic E-state index is 12.1. The van der Waals surface area contributed by atoms with E-state index < -0.39 is 0 Å². The predicted molar refractivity (Wildman–Crippen MR) is 106 cm³/mol. The summed E-state index contributed by atoms with van der Waals surface area (Å²) in [7, 11) is 0. The molecule has 116 valence electrons. The van der Waals surface area contributed by atoms with Crippen molar-refractivity contribution in [3.05, 3.63) is 66.5 Å². The van der Waals surface area contributed by atoms with E-state index in [0.29, 0.717) is 20.1 Å². The second-order valence-corrected chi connectivity index (χ2v) is 7.74. The van der Waals surface area contributed by atoms with Gasteiger partial charge in [-0.15, -0.1) is 0 Å². The van der Waals surface area contributed by atoms with E-state index in [-0.39, 0.29) is 5.91 Å². The highest BCUT2D eigenvalue weighted by atomic mass is 127. The average Bonchev–Trinajstić information content (AvgIpc) is 2.84. The summed E-state index contributed by atoms with van der Waals surface area (Å²) < 4.78 is 1.13. The van der Waals surface area contributed by atoms with E-state index in [2.05, 4.69) is 32.9 Å². The maximum Gasteiger partial charge on any atom is 0.264 e. The molecule has 3 rings (SSSR count). The zero-order valence-corrected chi connectivity index (χ0v) is 16.0. The standard InChI is InChI=1S/C16H9Cl2IN2OS/c17-10-2-1-9(13(18)8-10)7-14-15(22)21-16(23-14)20-12-5-3-11(19)4-6-12/h1-8H,(H,20,21,22)/b14-7+. The van der Waals surface area contributed by atoms with E-state index in [9.17, 15) is 4.79 Å². The lowest BCUT2D eigenvalue weighted by Gasteiger charge is -1.99. The number of hydrogen-bond donors (Lipinski definition) is 1. The molecule has 1 aliphatic rings. The Balaban J connectivity index is 1.84. The first-order chi connectivity index (χ1) is 11.0. The summed E-state index contributed by atoms with van der Waals surface area (Å²) in [4.78, 5) is 17.0. The molecular formula is C16H9Cl2IN2OS. The molecule has 0 spiro atoms. The number of hydrogen-bond acceptors (Lipinski definition) is 3. The summed E-state index contributed by atoms with van der Waals surface area (Å²) in [5.74, 6) is -0.190. The van der Waals surface area contributed by atoms with Gasteiger partial charge in [0.2, 0.25) is 0 Å². The van der Waals surface area contributed by atoms with Crippen LogP contribution in [-0.2, 0) is 4.79 Å². The monoisotopic (exact) mass is 474 g/mol. The Morgan fingerprint density at radius 3 is 2.57 bits per heavy atom. The van der Waals surface area contributed by atoms with Gasteiger partial charge in [0.1, 0.15) is 0 Å². The molecule has 1 aliphatic heterocycles. The first-order valence-corrected chi connectivity index (χ1v) is 9.16. The van der Waals surface area contributed by atoms with Crippen LogP contribution in [0.1, 0.15) is 5.56 Å². The van der Waals surface area contributed by atoms with Crippen LogP contribution in [0.4, 0.5) is 5.69 Å². The molecule has 0 aromatic heterocycles. The Kier molecular flexibility index (Phi) is 5.31. The maximum absolute atomic E-state index is 12.1. The summed E-state index contributed by atoms with van der Waals surface area (Å²) in [6.45, 7) is 0. The molecule has 1 saturated heterocycles. The third-order valence-electron chi connectivity index (χ3n) is 2.96. The summed E-state index contributed by atoms with van der Waals surface area (Å²) in [6, 6.07) is 12.9. The van der Waals surface area contributed by atoms with Crippen molar-refractivity contribution in [2.45, 2.75) is 0 Å². The molecule has 0 bridgehead atoms. The van der Waals surface area contributed by atoms with E-state index in [1.165, 1.54) is 11.8 Å². The minimum absolute atomic E-state index is 0.190. The molecule has 1 N–H and O–H groups in total. The molecule has 2 aromatic rings. The number of aliphatic imine (C=N–C) groups is 1. The third kappa shape index (κ3) is 4.29. The Labute approximate surface area is 161 Å². The minimum atomic E-state index is -0.190. The molecule has 0 aliphatic carbocycles. The summed E-state index contributed by atoms with van der Waals surface area (Å²) in [5, 5.41) is 4.36. The van der Waals surface area contributed by atoms with Crippen molar-refractivity contribution in [1.29, 1.82) is 0 Å². The molecule has 0 unspecified atom stereocenters. The van der Waals surface area contributed by atoms with Crippen molar-refractivity contribution in [2.24, 2.45) is 4.99 Å². The van der Waals surface area contributed by atoms with Crippen LogP contribution in [-0.4, -0.2) is 11.1 Å². The third-order valence-corrected chi connectivity index (χ3v) is 5.15. The smallest absolute Gasteiger partial charge is 0.264 e. The lowest BCUT2D eigenvalue weighted by Crippen LogP contribution is -2.19. The molecular weight excluding hydrogens is 466 g/mol. The highest BCUT2D eigenvalue weighted by Crippen LogP contribution is 2.30. The van der Waals surface area contributed by atoms with E-state index in [1.54, 1.807) is 24.3 Å². The van der Waals surface area contributed by atoms with Crippen molar-refractivity contribution in [3.63, 3.8) is 0 Å². The molecule has 0 radical (unpaired) electrons. The van der Waals surface area contributed by atoms with Gasteiger partial charge in [-0.25, -0.2) is 4.99 Å². The van der Waals surface area contributed by atoms with Crippen LogP contribution < -0.4 is 5.32 Å². The Morgan fingerprint density at radius 1 is 1.13 bits per heavy atom. The highest BCUT2D eigenvalue weighted by Gasteiger charge is 2.24. The number of amides is 1. The van der Waals surface area contributed by atoms with E-state index >= 15 is 0 Å².